The molecule has 1 aliphatic heterocycles. The number of carbonyl (C=O) groups excluding carboxylic acids is 1. The minimum Gasteiger partial charge on any atom is -0.493 e. The van der Waals surface area contributed by atoms with Gasteiger partial charge in [0.05, 0.1) is 12.1 Å². The Kier molecular flexibility index (Phi) is 8.51. The van der Waals surface area contributed by atoms with Gasteiger partial charge in [-0.3, -0.25) is 4.79 Å². The predicted octanol–water partition coefficient (Wildman–Crippen LogP) is 5.34. The Bertz CT molecular complexity index is 892. The largest absolute Gasteiger partial charge is 0.493 e. The summed E-state index contributed by atoms with van der Waals surface area (Å²) in [7, 11) is 1.58. The predicted molar refractivity (Wildman–Crippen MR) is 121 cm³/mol. The molecular weight excluding hydrogens is 447 g/mol. The Morgan fingerprint density at radius 3 is 2.67 bits per heavy atom. The summed E-state index contributed by atoms with van der Waals surface area (Å²) in [5, 5.41) is 4.97. The highest BCUT2D eigenvalue weighted by Gasteiger charge is 2.19. The van der Waals surface area contributed by atoms with E-state index in [1.54, 1.807) is 19.2 Å². The summed E-state index contributed by atoms with van der Waals surface area (Å²) in [5.74, 6) is 1.30. The van der Waals surface area contributed by atoms with Crippen molar-refractivity contribution in [2.24, 2.45) is 0 Å². The van der Waals surface area contributed by atoms with Gasteiger partial charge in [-0.2, -0.15) is 0 Å². The molecule has 0 atom stereocenters. The molecule has 3 rings (SSSR count). The summed E-state index contributed by atoms with van der Waals surface area (Å²) in [6, 6.07) is 9.02. The molecule has 0 bridgehead atoms. The van der Waals surface area contributed by atoms with Crippen molar-refractivity contribution in [2.75, 3.05) is 26.7 Å². The monoisotopic (exact) mass is 470 g/mol. The van der Waals surface area contributed by atoms with E-state index in [-0.39, 0.29) is 12.5 Å². The number of benzene rings is 2. The summed E-state index contributed by atoms with van der Waals surface area (Å²) >= 11 is 18.6. The van der Waals surface area contributed by atoms with Gasteiger partial charge in [-0.25, -0.2) is 0 Å². The van der Waals surface area contributed by atoms with Gasteiger partial charge in [-0.1, -0.05) is 40.9 Å². The van der Waals surface area contributed by atoms with Crippen molar-refractivity contribution in [2.45, 2.75) is 32.4 Å². The molecular formula is C22H25Cl3N2O3. The molecule has 0 spiro atoms. The van der Waals surface area contributed by atoms with Crippen molar-refractivity contribution < 1.29 is 14.3 Å². The lowest BCUT2D eigenvalue weighted by Gasteiger charge is -2.16. The molecule has 0 unspecified atom stereocenters. The van der Waals surface area contributed by atoms with Crippen LogP contribution in [0.15, 0.2) is 30.3 Å². The van der Waals surface area contributed by atoms with E-state index >= 15 is 0 Å². The van der Waals surface area contributed by atoms with E-state index in [0.29, 0.717) is 39.5 Å². The molecule has 0 saturated carbocycles. The molecule has 1 saturated heterocycles. The fourth-order valence-corrected chi connectivity index (χ4v) is 4.12. The lowest BCUT2D eigenvalue weighted by atomic mass is 10.2. The topological polar surface area (TPSA) is 50.8 Å². The summed E-state index contributed by atoms with van der Waals surface area (Å²) < 4.78 is 11.4. The lowest BCUT2D eigenvalue weighted by Crippen LogP contribution is -2.28. The van der Waals surface area contributed by atoms with Crippen molar-refractivity contribution in [3.8, 4) is 11.5 Å². The van der Waals surface area contributed by atoms with Crippen molar-refractivity contribution in [3.05, 3.63) is 56.5 Å². The van der Waals surface area contributed by atoms with E-state index in [1.165, 1.54) is 0 Å². The Labute approximate surface area is 192 Å². The molecule has 162 valence electrons. The second-order valence-corrected chi connectivity index (χ2v) is 8.40. The van der Waals surface area contributed by atoms with E-state index in [0.717, 1.165) is 43.6 Å². The van der Waals surface area contributed by atoms with Gasteiger partial charge >= 0.3 is 0 Å². The van der Waals surface area contributed by atoms with E-state index in [1.807, 2.05) is 23.1 Å². The number of carbonyl (C=O) groups is 1. The maximum Gasteiger partial charge on any atom is 0.222 e. The van der Waals surface area contributed by atoms with Crippen LogP contribution in [-0.2, 0) is 17.9 Å². The van der Waals surface area contributed by atoms with Gasteiger partial charge in [0.25, 0.3) is 0 Å². The third-order valence-corrected chi connectivity index (χ3v) is 5.83. The Hall–Kier alpha value is -1.66. The zero-order valence-electron chi connectivity index (χ0n) is 16.8. The number of hydrogen-bond acceptors (Lipinski definition) is 4. The van der Waals surface area contributed by atoms with Crippen LogP contribution in [0.25, 0.3) is 0 Å². The van der Waals surface area contributed by atoms with E-state index in [4.69, 9.17) is 44.3 Å². The van der Waals surface area contributed by atoms with Crippen molar-refractivity contribution >= 4 is 40.7 Å². The Balaban J connectivity index is 1.53. The molecule has 1 fully saturated rings. The summed E-state index contributed by atoms with van der Waals surface area (Å²) in [5.41, 5.74) is 1.80. The SMILES string of the molecule is COc1cc(CNCCCN2CCCC2=O)cc(Cl)c1OCc1ccc(Cl)cc1Cl. The van der Waals surface area contributed by atoms with Gasteiger partial charge < -0.3 is 19.7 Å². The number of halogens is 3. The van der Waals surface area contributed by atoms with Crippen LogP contribution in [-0.4, -0.2) is 37.6 Å². The van der Waals surface area contributed by atoms with Crippen molar-refractivity contribution in [1.82, 2.24) is 10.2 Å². The molecule has 1 N–H and O–H groups in total. The molecule has 2 aromatic rings. The fourth-order valence-electron chi connectivity index (χ4n) is 3.37. The molecule has 0 aliphatic carbocycles. The number of ether oxygens (including phenoxy) is 2. The zero-order valence-corrected chi connectivity index (χ0v) is 19.1. The average Bonchev–Trinajstić information content (AvgIpc) is 3.12. The number of methoxy groups -OCH3 is 1. The van der Waals surface area contributed by atoms with Gasteiger partial charge in [0.15, 0.2) is 11.5 Å². The van der Waals surface area contributed by atoms with Gasteiger partial charge in [0, 0.05) is 41.7 Å². The van der Waals surface area contributed by atoms with Crippen LogP contribution in [0, 0.1) is 0 Å². The Morgan fingerprint density at radius 1 is 1.13 bits per heavy atom. The number of hydrogen-bond donors (Lipinski definition) is 1. The summed E-state index contributed by atoms with van der Waals surface area (Å²) in [6.07, 6.45) is 2.58. The first-order valence-corrected chi connectivity index (χ1v) is 11.0. The van der Waals surface area contributed by atoms with Crippen LogP contribution in [0.1, 0.15) is 30.4 Å². The first-order chi connectivity index (χ1) is 14.5. The van der Waals surface area contributed by atoms with Crippen LogP contribution < -0.4 is 14.8 Å². The minimum atomic E-state index is 0.249. The molecule has 5 nitrogen and oxygen atoms in total. The maximum absolute atomic E-state index is 11.6. The molecule has 1 aliphatic rings. The molecule has 1 heterocycles. The zero-order chi connectivity index (χ0) is 21.5. The number of amides is 1. The summed E-state index contributed by atoms with van der Waals surface area (Å²) in [6.45, 7) is 3.40. The Morgan fingerprint density at radius 2 is 1.97 bits per heavy atom. The van der Waals surface area contributed by atoms with Gasteiger partial charge in [0.2, 0.25) is 5.91 Å². The second kappa shape index (κ2) is 11.1. The third kappa shape index (κ3) is 6.17. The highest BCUT2D eigenvalue weighted by Crippen LogP contribution is 2.37. The van der Waals surface area contributed by atoms with Gasteiger partial charge in [-0.05, 0) is 49.2 Å². The second-order valence-electron chi connectivity index (χ2n) is 7.15. The highest BCUT2D eigenvalue weighted by molar-refractivity contribution is 6.35. The van der Waals surface area contributed by atoms with Crippen LogP contribution in [0.4, 0.5) is 0 Å². The normalized spacial score (nSPS) is 13.7. The molecule has 0 radical (unpaired) electrons. The first kappa shape index (κ1) is 23.0. The molecule has 1 amide bonds. The van der Waals surface area contributed by atoms with Crippen molar-refractivity contribution in [3.63, 3.8) is 0 Å². The van der Waals surface area contributed by atoms with E-state index in [2.05, 4.69) is 5.32 Å². The molecule has 8 heteroatoms. The average molecular weight is 472 g/mol. The number of nitrogens with one attached hydrogen (secondary N) is 1. The summed E-state index contributed by atoms with van der Waals surface area (Å²) in [4.78, 5) is 13.6. The quantitative estimate of drug-likeness (QED) is 0.475. The minimum absolute atomic E-state index is 0.249. The molecule has 2 aromatic carbocycles. The van der Waals surface area contributed by atoms with E-state index < -0.39 is 0 Å². The maximum atomic E-state index is 11.6. The standard InChI is InChI=1S/C22H25Cl3N2O3/c1-29-20-11-15(13-26-7-3-9-27-8-2-4-21(27)28)10-19(25)22(20)30-14-16-5-6-17(23)12-18(16)24/h5-6,10-12,26H,2-4,7-9,13-14H2,1H3. The number of rotatable bonds is 10. The number of nitrogens with zero attached hydrogens (tertiary/aromatic N) is 1. The van der Waals surface area contributed by atoms with Gasteiger partial charge in [0.1, 0.15) is 6.61 Å². The highest BCUT2D eigenvalue weighted by atomic mass is 35.5. The van der Waals surface area contributed by atoms with Crippen LogP contribution in [0.5, 0.6) is 11.5 Å². The third-order valence-electron chi connectivity index (χ3n) is 4.96. The lowest BCUT2D eigenvalue weighted by molar-refractivity contribution is -0.127. The van der Waals surface area contributed by atoms with E-state index in [9.17, 15) is 4.79 Å². The van der Waals surface area contributed by atoms with Crippen LogP contribution >= 0.6 is 34.8 Å². The van der Waals surface area contributed by atoms with Crippen LogP contribution in [0.2, 0.25) is 15.1 Å². The van der Waals surface area contributed by atoms with Crippen molar-refractivity contribution in [1.29, 1.82) is 0 Å². The first-order valence-electron chi connectivity index (χ1n) is 9.89. The molecule has 0 aromatic heterocycles. The molecule has 30 heavy (non-hydrogen) atoms. The van der Waals surface area contributed by atoms with Gasteiger partial charge in [-0.15, -0.1) is 0 Å². The fraction of sp³-hybridized carbons (Fsp3) is 0.409. The number of likely N-dealkylation sites (tertiary alicyclic amines) is 1. The van der Waals surface area contributed by atoms with Crippen LogP contribution in [0.3, 0.4) is 0 Å². The smallest absolute Gasteiger partial charge is 0.222 e.